The lowest BCUT2D eigenvalue weighted by Gasteiger charge is -2.06. The Morgan fingerprint density at radius 1 is 1.43 bits per heavy atom. The minimum Gasteiger partial charge on any atom is -0.359 e. The maximum Gasteiger partial charge on any atom is 0.179 e. The fourth-order valence-corrected chi connectivity index (χ4v) is 2.27. The number of nitrogens with one attached hydrogen (secondary N) is 1. The molecule has 1 aliphatic rings. The SMILES string of the molecule is O=C(CCC1CCCC1)c1ccc[nH]1. The van der Waals surface area contributed by atoms with Gasteiger partial charge in [0.1, 0.15) is 0 Å². The number of aromatic nitrogens is 1. The number of Topliss-reactive ketones (excluding diaryl/α,β-unsaturated/α-hetero) is 1. The molecule has 0 saturated heterocycles. The van der Waals surface area contributed by atoms with Crippen molar-refractivity contribution in [3.63, 3.8) is 0 Å². The van der Waals surface area contributed by atoms with Gasteiger partial charge in [-0.05, 0) is 24.5 Å². The first-order valence-corrected chi connectivity index (χ1v) is 5.53. The third kappa shape index (κ3) is 2.25. The zero-order valence-electron chi connectivity index (χ0n) is 8.46. The lowest BCUT2D eigenvalue weighted by molar-refractivity contribution is 0.0969. The predicted molar refractivity (Wildman–Crippen MR) is 56.3 cm³/mol. The number of hydrogen-bond donors (Lipinski definition) is 1. The Hall–Kier alpha value is -1.05. The van der Waals surface area contributed by atoms with Gasteiger partial charge in [0.15, 0.2) is 5.78 Å². The summed E-state index contributed by atoms with van der Waals surface area (Å²) >= 11 is 0. The number of rotatable bonds is 4. The van der Waals surface area contributed by atoms with Crippen LogP contribution in [0.15, 0.2) is 18.3 Å². The first-order chi connectivity index (χ1) is 6.86. The lowest BCUT2D eigenvalue weighted by Crippen LogP contribution is -2.03. The highest BCUT2D eigenvalue weighted by Gasteiger charge is 2.16. The molecule has 0 radical (unpaired) electrons. The highest BCUT2D eigenvalue weighted by molar-refractivity contribution is 5.94. The van der Waals surface area contributed by atoms with Gasteiger partial charge in [0.25, 0.3) is 0 Å². The number of ketones is 1. The molecule has 1 aromatic heterocycles. The van der Waals surface area contributed by atoms with Crippen molar-refractivity contribution in [1.82, 2.24) is 4.98 Å². The van der Waals surface area contributed by atoms with E-state index in [1.165, 1.54) is 25.7 Å². The highest BCUT2D eigenvalue weighted by atomic mass is 16.1. The molecule has 0 aliphatic heterocycles. The van der Waals surface area contributed by atoms with Crippen molar-refractivity contribution < 1.29 is 4.79 Å². The molecule has 1 aliphatic carbocycles. The van der Waals surface area contributed by atoms with Crippen molar-refractivity contribution >= 4 is 5.78 Å². The molecule has 0 amide bonds. The van der Waals surface area contributed by atoms with E-state index in [1.807, 2.05) is 18.3 Å². The third-order valence-electron chi connectivity index (χ3n) is 3.15. The summed E-state index contributed by atoms with van der Waals surface area (Å²) in [5.41, 5.74) is 0.767. The number of carbonyl (C=O) groups is 1. The van der Waals surface area contributed by atoms with Gasteiger partial charge in [-0.2, -0.15) is 0 Å². The summed E-state index contributed by atoms with van der Waals surface area (Å²) in [5, 5.41) is 0. The van der Waals surface area contributed by atoms with Crippen LogP contribution in [0.1, 0.15) is 49.0 Å². The fourth-order valence-electron chi connectivity index (χ4n) is 2.27. The quantitative estimate of drug-likeness (QED) is 0.728. The monoisotopic (exact) mass is 191 g/mol. The topological polar surface area (TPSA) is 32.9 Å². The molecule has 0 spiro atoms. The van der Waals surface area contributed by atoms with Gasteiger partial charge >= 0.3 is 0 Å². The molecule has 2 nitrogen and oxygen atoms in total. The Kier molecular flexibility index (Phi) is 3.02. The van der Waals surface area contributed by atoms with E-state index in [4.69, 9.17) is 0 Å². The van der Waals surface area contributed by atoms with Crippen LogP contribution in [0.25, 0.3) is 0 Å². The van der Waals surface area contributed by atoms with Crippen LogP contribution in [-0.2, 0) is 0 Å². The summed E-state index contributed by atoms with van der Waals surface area (Å²) < 4.78 is 0. The molecule has 1 N–H and O–H groups in total. The average molecular weight is 191 g/mol. The first-order valence-electron chi connectivity index (χ1n) is 5.53. The molecule has 0 bridgehead atoms. The standard InChI is InChI=1S/C12H17NO/c14-12(11-6-3-9-13-11)8-7-10-4-1-2-5-10/h3,6,9-10,13H,1-2,4-5,7-8H2. The molecule has 0 atom stereocenters. The molecule has 1 saturated carbocycles. The van der Waals surface area contributed by atoms with Gasteiger partial charge in [0.2, 0.25) is 0 Å². The molecule has 0 unspecified atom stereocenters. The average Bonchev–Trinajstić information content (AvgIpc) is 2.87. The molecule has 2 heteroatoms. The van der Waals surface area contributed by atoms with Gasteiger partial charge in [-0.15, -0.1) is 0 Å². The third-order valence-corrected chi connectivity index (χ3v) is 3.15. The van der Waals surface area contributed by atoms with Gasteiger partial charge < -0.3 is 4.98 Å². The number of H-pyrrole nitrogens is 1. The van der Waals surface area contributed by atoms with E-state index in [2.05, 4.69) is 4.98 Å². The Labute approximate surface area is 84.7 Å². The second kappa shape index (κ2) is 4.45. The lowest BCUT2D eigenvalue weighted by atomic mass is 9.99. The Morgan fingerprint density at radius 3 is 2.86 bits per heavy atom. The van der Waals surface area contributed by atoms with Crippen LogP contribution in [0.2, 0.25) is 0 Å². The molecule has 1 heterocycles. The summed E-state index contributed by atoms with van der Waals surface area (Å²) in [7, 11) is 0. The zero-order chi connectivity index (χ0) is 9.80. The van der Waals surface area contributed by atoms with Gasteiger partial charge in [-0.1, -0.05) is 25.7 Å². The number of carbonyl (C=O) groups excluding carboxylic acids is 1. The highest BCUT2D eigenvalue weighted by Crippen LogP contribution is 2.28. The molecule has 14 heavy (non-hydrogen) atoms. The maximum absolute atomic E-state index is 11.6. The van der Waals surface area contributed by atoms with Gasteiger partial charge in [0.05, 0.1) is 5.69 Å². The molecule has 0 aromatic carbocycles. The first kappa shape index (κ1) is 9.50. The van der Waals surface area contributed by atoms with Crippen molar-refractivity contribution in [1.29, 1.82) is 0 Å². The van der Waals surface area contributed by atoms with E-state index in [1.54, 1.807) is 0 Å². The molecular formula is C12H17NO. The van der Waals surface area contributed by atoms with Crippen LogP contribution in [0.4, 0.5) is 0 Å². The van der Waals surface area contributed by atoms with Crippen LogP contribution < -0.4 is 0 Å². The van der Waals surface area contributed by atoms with Crippen molar-refractivity contribution in [3.05, 3.63) is 24.0 Å². The van der Waals surface area contributed by atoms with E-state index in [0.29, 0.717) is 6.42 Å². The number of aromatic amines is 1. The Morgan fingerprint density at radius 2 is 2.21 bits per heavy atom. The fraction of sp³-hybridized carbons (Fsp3) is 0.583. The van der Waals surface area contributed by atoms with Crippen LogP contribution in [0, 0.1) is 5.92 Å². The molecule has 76 valence electrons. The van der Waals surface area contributed by atoms with E-state index >= 15 is 0 Å². The second-order valence-corrected chi connectivity index (χ2v) is 4.20. The summed E-state index contributed by atoms with van der Waals surface area (Å²) in [5.74, 6) is 1.08. The normalized spacial score (nSPS) is 17.4. The molecule has 1 aromatic rings. The smallest absolute Gasteiger partial charge is 0.179 e. The summed E-state index contributed by atoms with van der Waals surface area (Å²) in [6.07, 6.45) is 8.99. The minimum atomic E-state index is 0.266. The van der Waals surface area contributed by atoms with Crippen LogP contribution >= 0.6 is 0 Å². The maximum atomic E-state index is 11.6. The minimum absolute atomic E-state index is 0.266. The zero-order valence-corrected chi connectivity index (χ0v) is 8.46. The van der Waals surface area contributed by atoms with Gasteiger partial charge in [-0.25, -0.2) is 0 Å². The van der Waals surface area contributed by atoms with E-state index in [0.717, 1.165) is 18.0 Å². The molecule has 2 rings (SSSR count). The van der Waals surface area contributed by atoms with Crippen LogP contribution in [-0.4, -0.2) is 10.8 Å². The Balaban J connectivity index is 1.78. The summed E-state index contributed by atoms with van der Waals surface area (Å²) in [6, 6.07) is 3.74. The predicted octanol–water partition coefficient (Wildman–Crippen LogP) is 3.17. The van der Waals surface area contributed by atoms with Crippen LogP contribution in [0.5, 0.6) is 0 Å². The van der Waals surface area contributed by atoms with Crippen molar-refractivity contribution in [2.24, 2.45) is 5.92 Å². The van der Waals surface area contributed by atoms with Crippen molar-refractivity contribution in [2.45, 2.75) is 38.5 Å². The largest absolute Gasteiger partial charge is 0.359 e. The number of hydrogen-bond acceptors (Lipinski definition) is 1. The van der Waals surface area contributed by atoms with Crippen molar-refractivity contribution in [3.8, 4) is 0 Å². The molecule has 1 fully saturated rings. The second-order valence-electron chi connectivity index (χ2n) is 4.20. The van der Waals surface area contributed by atoms with Crippen LogP contribution in [0.3, 0.4) is 0 Å². The molecular weight excluding hydrogens is 174 g/mol. The van der Waals surface area contributed by atoms with E-state index in [-0.39, 0.29) is 5.78 Å². The van der Waals surface area contributed by atoms with E-state index < -0.39 is 0 Å². The summed E-state index contributed by atoms with van der Waals surface area (Å²) in [4.78, 5) is 14.6. The Bertz CT molecular complexity index is 283. The summed E-state index contributed by atoms with van der Waals surface area (Å²) in [6.45, 7) is 0. The van der Waals surface area contributed by atoms with E-state index in [9.17, 15) is 4.79 Å². The van der Waals surface area contributed by atoms with Gasteiger partial charge in [0, 0.05) is 12.6 Å². The van der Waals surface area contributed by atoms with Crippen molar-refractivity contribution in [2.75, 3.05) is 0 Å². The van der Waals surface area contributed by atoms with Gasteiger partial charge in [-0.3, -0.25) is 4.79 Å².